The lowest BCUT2D eigenvalue weighted by Crippen LogP contribution is -1.97. The number of carboxylic acid groups (broad SMARTS) is 1. The van der Waals surface area contributed by atoms with Crippen LogP contribution >= 0.6 is 0 Å². The monoisotopic (exact) mass is 238 g/mol. The number of benzene rings is 1. The van der Waals surface area contributed by atoms with Crippen LogP contribution < -0.4 is 0 Å². The van der Waals surface area contributed by atoms with Crippen molar-refractivity contribution >= 4 is 11.5 Å². The van der Waals surface area contributed by atoms with E-state index >= 15 is 0 Å². The van der Waals surface area contributed by atoms with E-state index in [0.29, 0.717) is 0 Å². The third kappa shape index (κ3) is 1.64. The number of rotatable bonds is 2. The van der Waals surface area contributed by atoms with Gasteiger partial charge in [-0.05, 0) is 12.1 Å². The summed E-state index contributed by atoms with van der Waals surface area (Å²) < 4.78 is 1.88. The topological polar surface area (TPSA) is 54.6 Å². The Labute approximate surface area is 103 Å². The van der Waals surface area contributed by atoms with Crippen LogP contribution in [-0.2, 0) is 0 Å². The van der Waals surface area contributed by atoms with Gasteiger partial charge in [0, 0.05) is 11.8 Å². The SMILES string of the molecule is O=C(O)c1ccn2c(-c3ccccc3)ncc2c1. The summed E-state index contributed by atoms with van der Waals surface area (Å²) in [6, 6.07) is 13.0. The summed E-state index contributed by atoms with van der Waals surface area (Å²) >= 11 is 0. The van der Waals surface area contributed by atoms with E-state index in [4.69, 9.17) is 5.11 Å². The third-order valence-corrected chi connectivity index (χ3v) is 2.81. The van der Waals surface area contributed by atoms with Gasteiger partial charge in [0.15, 0.2) is 0 Å². The molecule has 2 heterocycles. The Balaban J connectivity index is 2.19. The van der Waals surface area contributed by atoms with Crippen molar-refractivity contribution in [2.75, 3.05) is 0 Å². The standard InChI is InChI=1S/C14H10N2O2/c17-14(18)11-6-7-16-12(8-11)9-15-13(16)10-4-2-1-3-5-10/h1-9H,(H,17,18). The van der Waals surface area contributed by atoms with Gasteiger partial charge < -0.3 is 5.11 Å². The van der Waals surface area contributed by atoms with Crippen molar-refractivity contribution in [1.29, 1.82) is 0 Å². The molecule has 1 N–H and O–H groups in total. The molecular formula is C14H10N2O2. The molecule has 4 nitrogen and oxygen atoms in total. The zero-order valence-corrected chi connectivity index (χ0v) is 9.45. The molecular weight excluding hydrogens is 228 g/mol. The molecule has 0 radical (unpaired) electrons. The van der Waals surface area contributed by atoms with Crippen LogP contribution in [0, 0.1) is 0 Å². The molecule has 18 heavy (non-hydrogen) atoms. The first-order valence-corrected chi connectivity index (χ1v) is 5.51. The first-order valence-electron chi connectivity index (χ1n) is 5.51. The molecule has 0 atom stereocenters. The number of hydrogen-bond donors (Lipinski definition) is 1. The van der Waals surface area contributed by atoms with Crippen LogP contribution in [0.15, 0.2) is 54.9 Å². The molecule has 2 aromatic heterocycles. The highest BCUT2D eigenvalue weighted by atomic mass is 16.4. The maximum Gasteiger partial charge on any atom is 0.335 e. The first-order chi connectivity index (χ1) is 8.75. The molecule has 0 fully saturated rings. The second kappa shape index (κ2) is 4.00. The fraction of sp³-hybridized carbons (Fsp3) is 0. The molecule has 3 aromatic rings. The molecule has 0 aliphatic carbocycles. The van der Waals surface area contributed by atoms with E-state index in [0.717, 1.165) is 16.9 Å². The van der Waals surface area contributed by atoms with Crippen molar-refractivity contribution in [2.24, 2.45) is 0 Å². The average molecular weight is 238 g/mol. The van der Waals surface area contributed by atoms with E-state index in [1.54, 1.807) is 24.5 Å². The van der Waals surface area contributed by atoms with Gasteiger partial charge in [-0.2, -0.15) is 0 Å². The van der Waals surface area contributed by atoms with Crippen LogP contribution in [0.3, 0.4) is 0 Å². The number of hydrogen-bond acceptors (Lipinski definition) is 2. The summed E-state index contributed by atoms with van der Waals surface area (Å²) in [6.07, 6.45) is 3.41. The lowest BCUT2D eigenvalue weighted by atomic mass is 10.2. The number of pyridine rings is 1. The maximum absolute atomic E-state index is 10.9. The summed E-state index contributed by atoms with van der Waals surface area (Å²) in [5, 5.41) is 8.94. The van der Waals surface area contributed by atoms with E-state index in [-0.39, 0.29) is 5.56 Å². The highest BCUT2D eigenvalue weighted by Gasteiger charge is 2.08. The predicted molar refractivity (Wildman–Crippen MR) is 67.6 cm³/mol. The number of aromatic carboxylic acids is 1. The van der Waals surface area contributed by atoms with Gasteiger partial charge in [0.05, 0.1) is 17.3 Å². The summed E-state index contributed by atoms with van der Waals surface area (Å²) in [5.41, 5.74) is 2.04. The summed E-state index contributed by atoms with van der Waals surface area (Å²) in [6.45, 7) is 0. The number of nitrogens with zero attached hydrogens (tertiary/aromatic N) is 2. The van der Waals surface area contributed by atoms with Crippen LogP contribution in [0.25, 0.3) is 16.9 Å². The van der Waals surface area contributed by atoms with Crippen LogP contribution in [0.2, 0.25) is 0 Å². The Morgan fingerprint density at radius 3 is 2.67 bits per heavy atom. The number of carboxylic acids is 1. The molecule has 3 rings (SSSR count). The summed E-state index contributed by atoms with van der Waals surface area (Å²) in [4.78, 5) is 15.2. The van der Waals surface area contributed by atoms with Crippen LogP contribution in [0.4, 0.5) is 0 Å². The largest absolute Gasteiger partial charge is 0.478 e. The fourth-order valence-electron chi connectivity index (χ4n) is 1.93. The molecule has 0 aliphatic heterocycles. The normalized spacial score (nSPS) is 10.7. The molecule has 0 bridgehead atoms. The highest BCUT2D eigenvalue weighted by molar-refractivity contribution is 5.89. The van der Waals surface area contributed by atoms with Crippen molar-refractivity contribution in [3.8, 4) is 11.4 Å². The van der Waals surface area contributed by atoms with Gasteiger partial charge in [0.25, 0.3) is 0 Å². The minimum atomic E-state index is -0.931. The Bertz CT molecular complexity index is 717. The van der Waals surface area contributed by atoms with Crippen LogP contribution in [0.5, 0.6) is 0 Å². The molecule has 0 aliphatic rings. The predicted octanol–water partition coefficient (Wildman–Crippen LogP) is 2.70. The molecule has 0 saturated heterocycles. The van der Waals surface area contributed by atoms with E-state index in [1.807, 2.05) is 34.7 Å². The number of imidazole rings is 1. The van der Waals surface area contributed by atoms with Crippen LogP contribution in [-0.4, -0.2) is 20.5 Å². The van der Waals surface area contributed by atoms with E-state index in [1.165, 1.54) is 0 Å². The maximum atomic E-state index is 10.9. The summed E-state index contributed by atoms with van der Waals surface area (Å²) in [5.74, 6) is -0.123. The Hall–Kier alpha value is -2.62. The van der Waals surface area contributed by atoms with Crippen molar-refractivity contribution in [2.45, 2.75) is 0 Å². The second-order valence-electron chi connectivity index (χ2n) is 3.96. The van der Waals surface area contributed by atoms with Gasteiger partial charge in [0.1, 0.15) is 5.82 Å². The molecule has 0 amide bonds. The van der Waals surface area contributed by atoms with Gasteiger partial charge in [-0.1, -0.05) is 30.3 Å². The average Bonchev–Trinajstić information content (AvgIpc) is 2.82. The van der Waals surface area contributed by atoms with Gasteiger partial charge >= 0.3 is 5.97 Å². The van der Waals surface area contributed by atoms with Crippen molar-refractivity contribution < 1.29 is 9.90 Å². The third-order valence-electron chi connectivity index (χ3n) is 2.81. The molecule has 0 unspecified atom stereocenters. The minimum Gasteiger partial charge on any atom is -0.478 e. The first kappa shape index (κ1) is 10.5. The lowest BCUT2D eigenvalue weighted by Gasteiger charge is -2.02. The molecule has 0 spiro atoms. The van der Waals surface area contributed by atoms with Gasteiger partial charge in [-0.15, -0.1) is 0 Å². The van der Waals surface area contributed by atoms with Gasteiger partial charge in [0.2, 0.25) is 0 Å². The molecule has 0 saturated carbocycles. The second-order valence-corrected chi connectivity index (χ2v) is 3.96. The van der Waals surface area contributed by atoms with Crippen molar-refractivity contribution in [3.05, 3.63) is 60.4 Å². The number of aromatic nitrogens is 2. The smallest absolute Gasteiger partial charge is 0.335 e. The quantitative estimate of drug-likeness (QED) is 0.746. The number of carbonyl (C=O) groups is 1. The van der Waals surface area contributed by atoms with E-state index in [9.17, 15) is 4.79 Å². The Kier molecular flexibility index (Phi) is 2.34. The van der Waals surface area contributed by atoms with E-state index in [2.05, 4.69) is 4.98 Å². The molecule has 4 heteroatoms. The minimum absolute atomic E-state index is 0.266. The molecule has 88 valence electrons. The lowest BCUT2D eigenvalue weighted by molar-refractivity contribution is 0.0697. The highest BCUT2D eigenvalue weighted by Crippen LogP contribution is 2.19. The van der Waals surface area contributed by atoms with Crippen molar-refractivity contribution in [1.82, 2.24) is 9.38 Å². The van der Waals surface area contributed by atoms with Crippen molar-refractivity contribution in [3.63, 3.8) is 0 Å². The Morgan fingerprint density at radius 2 is 1.94 bits per heavy atom. The zero-order valence-electron chi connectivity index (χ0n) is 9.45. The zero-order chi connectivity index (χ0) is 12.5. The molecule has 1 aromatic carbocycles. The Morgan fingerprint density at radius 1 is 1.17 bits per heavy atom. The fourth-order valence-corrected chi connectivity index (χ4v) is 1.93. The van der Waals surface area contributed by atoms with Gasteiger partial charge in [-0.25, -0.2) is 9.78 Å². The van der Waals surface area contributed by atoms with E-state index < -0.39 is 5.97 Å². The van der Waals surface area contributed by atoms with Crippen LogP contribution in [0.1, 0.15) is 10.4 Å². The number of fused-ring (bicyclic) bond motifs is 1. The summed E-state index contributed by atoms with van der Waals surface area (Å²) in [7, 11) is 0. The van der Waals surface area contributed by atoms with Gasteiger partial charge in [-0.3, -0.25) is 4.40 Å².